The highest BCUT2D eigenvalue weighted by atomic mass is 32.2. The lowest BCUT2D eigenvalue weighted by Gasteiger charge is -2.25. The van der Waals surface area contributed by atoms with Crippen molar-refractivity contribution >= 4 is 34.7 Å². The minimum absolute atomic E-state index is 0.150. The molecule has 3 heterocycles. The summed E-state index contributed by atoms with van der Waals surface area (Å²) < 4.78 is 7.58. The summed E-state index contributed by atoms with van der Waals surface area (Å²) in [7, 11) is 2.03. The Morgan fingerprint density at radius 3 is 2.96 bits per heavy atom. The van der Waals surface area contributed by atoms with Gasteiger partial charge in [-0.3, -0.25) is 4.79 Å². The van der Waals surface area contributed by atoms with E-state index in [1.165, 1.54) is 10.9 Å². The second-order valence-corrected chi connectivity index (χ2v) is 8.09. The topological polar surface area (TPSA) is 63.6 Å². The van der Waals surface area contributed by atoms with E-state index in [1.807, 2.05) is 24.1 Å². The first-order valence-corrected chi connectivity index (χ1v) is 9.96. The van der Waals surface area contributed by atoms with E-state index >= 15 is 0 Å². The van der Waals surface area contributed by atoms with Gasteiger partial charge in [-0.15, -0.1) is 11.8 Å². The summed E-state index contributed by atoms with van der Waals surface area (Å²) in [6.45, 7) is 1.93. The number of nitrogens with one attached hydrogen (secondary N) is 1. The zero-order chi connectivity index (χ0) is 18.1. The first-order chi connectivity index (χ1) is 12.6. The van der Waals surface area contributed by atoms with Crippen molar-refractivity contribution in [2.75, 3.05) is 25.4 Å². The molecular formula is C19H23N3O3S. The third-order valence-electron chi connectivity index (χ3n) is 5.33. The van der Waals surface area contributed by atoms with Crippen molar-refractivity contribution in [3.8, 4) is 0 Å². The standard InChI is InChI=1S/C19H23N3O3S/c1-21-11-16(14-5-2-3-6-15(14)21)26-12-17(23)22-9-4-7-19(8-10-22)13-20-18(24)25-19/h2-3,5-6,11H,4,7-10,12-13H2,1H3,(H,20,24)/t19-/m1/s1. The minimum atomic E-state index is -0.422. The first kappa shape index (κ1) is 17.3. The van der Waals surface area contributed by atoms with E-state index in [9.17, 15) is 9.59 Å². The van der Waals surface area contributed by atoms with Gasteiger partial charge >= 0.3 is 6.09 Å². The van der Waals surface area contributed by atoms with Gasteiger partial charge in [0.05, 0.1) is 12.3 Å². The van der Waals surface area contributed by atoms with Gasteiger partial charge < -0.3 is 19.5 Å². The van der Waals surface area contributed by atoms with Crippen LogP contribution in [0.2, 0.25) is 0 Å². The van der Waals surface area contributed by atoms with Gasteiger partial charge in [0, 0.05) is 48.6 Å². The Balaban J connectivity index is 1.38. The number of amides is 2. The number of aromatic nitrogens is 1. The zero-order valence-corrected chi connectivity index (χ0v) is 15.7. The Kier molecular flexibility index (Phi) is 4.56. The molecule has 0 saturated carbocycles. The first-order valence-electron chi connectivity index (χ1n) is 8.98. The van der Waals surface area contributed by atoms with Crippen molar-refractivity contribution in [3.05, 3.63) is 30.5 Å². The molecule has 1 spiro atoms. The zero-order valence-electron chi connectivity index (χ0n) is 14.9. The van der Waals surface area contributed by atoms with E-state index in [0.29, 0.717) is 25.3 Å². The second kappa shape index (κ2) is 6.87. The fraction of sp³-hybridized carbons (Fsp3) is 0.474. The molecule has 0 bridgehead atoms. The molecule has 26 heavy (non-hydrogen) atoms. The Morgan fingerprint density at radius 2 is 2.15 bits per heavy atom. The normalized spacial score (nSPS) is 23.1. The third-order valence-corrected chi connectivity index (χ3v) is 6.35. The molecule has 2 aromatic rings. The SMILES string of the molecule is Cn1cc(SCC(=O)N2CCC[C@@]3(CC2)CNC(=O)O3)c2ccccc21. The number of carbonyl (C=O) groups excluding carboxylic acids is 2. The number of benzene rings is 1. The number of para-hydroxylation sites is 1. The van der Waals surface area contributed by atoms with E-state index in [1.54, 1.807) is 11.8 Å². The monoisotopic (exact) mass is 373 g/mol. The molecule has 1 N–H and O–H groups in total. The Morgan fingerprint density at radius 1 is 1.31 bits per heavy atom. The van der Waals surface area contributed by atoms with Crippen LogP contribution in [0, 0.1) is 0 Å². The number of hydrogen-bond donors (Lipinski definition) is 1. The summed E-state index contributed by atoms with van der Waals surface area (Å²) in [6, 6.07) is 8.24. The van der Waals surface area contributed by atoms with E-state index in [4.69, 9.17) is 4.74 Å². The third kappa shape index (κ3) is 3.28. The van der Waals surface area contributed by atoms with Crippen LogP contribution in [0.25, 0.3) is 10.9 Å². The molecule has 0 radical (unpaired) electrons. The molecule has 0 unspecified atom stereocenters. The maximum Gasteiger partial charge on any atom is 0.407 e. The van der Waals surface area contributed by atoms with E-state index < -0.39 is 5.60 Å². The van der Waals surface area contributed by atoms with Crippen molar-refractivity contribution < 1.29 is 14.3 Å². The van der Waals surface area contributed by atoms with Crippen LogP contribution in [0.4, 0.5) is 4.79 Å². The van der Waals surface area contributed by atoms with Gasteiger partial charge in [-0.05, 0) is 18.9 Å². The molecule has 1 aromatic carbocycles. The lowest BCUT2D eigenvalue weighted by atomic mass is 9.95. The van der Waals surface area contributed by atoms with Crippen LogP contribution in [0.5, 0.6) is 0 Å². The number of likely N-dealkylation sites (tertiary alicyclic amines) is 1. The van der Waals surface area contributed by atoms with E-state index in [2.05, 4.69) is 28.2 Å². The number of rotatable bonds is 3. The van der Waals surface area contributed by atoms with Gasteiger partial charge in [-0.1, -0.05) is 18.2 Å². The molecule has 2 fully saturated rings. The number of alkyl carbamates (subject to hydrolysis) is 1. The van der Waals surface area contributed by atoms with Crippen molar-refractivity contribution in [2.24, 2.45) is 7.05 Å². The number of ether oxygens (including phenoxy) is 1. The number of hydrogen-bond acceptors (Lipinski definition) is 4. The van der Waals surface area contributed by atoms with E-state index in [-0.39, 0.29) is 12.0 Å². The summed E-state index contributed by atoms with van der Waals surface area (Å²) in [6.07, 6.45) is 4.13. The fourth-order valence-electron chi connectivity index (χ4n) is 3.85. The van der Waals surface area contributed by atoms with Crippen molar-refractivity contribution in [2.45, 2.75) is 29.8 Å². The number of carbonyl (C=O) groups is 2. The highest BCUT2D eigenvalue weighted by molar-refractivity contribution is 8.00. The second-order valence-electron chi connectivity index (χ2n) is 7.07. The molecule has 2 aliphatic heterocycles. The van der Waals surface area contributed by atoms with Crippen LogP contribution >= 0.6 is 11.8 Å². The highest BCUT2D eigenvalue weighted by Crippen LogP contribution is 2.31. The van der Waals surface area contributed by atoms with Crippen LogP contribution in [0.3, 0.4) is 0 Å². The summed E-state index contributed by atoms with van der Waals surface area (Å²) >= 11 is 1.59. The smallest absolute Gasteiger partial charge is 0.407 e. The molecule has 2 saturated heterocycles. The Hall–Kier alpha value is -2.15. The highest BCUT2D eigenvalue weighted by Gasteiger charge is 2.41. The molecule has 2 amide bonds. The van der Waals surface area contributed by atoms with Crippen LogP contribution in [0.15, 0.2) is 35.4 Å². The summed E-state index contributed by atoms with van der Waals surface area (Å²) in [5.74, 6) is 0.580. The van der Waals surface area contributed by atoms with Gasteiger partial charge in [0.2, 0.25) is 5.91 Å². The Bertz CT molecular complexity index is 850. The number of fused-ring (bicyclic) bond motifs is 1. The van der Waals surface area contributed by atoms with Crippen molar-refractivity contribution in [3.63, 3.8) is 0 Å². The number of nitrogens with zero attached hydrogens (tertiary/aromatic N) is 2. The average Bonchev–Trinajstić information content (AvgIpc) is 3.08. The summed E-state index contributed by atoms with van der Waals surface area (Å²) in [5.41, 5.74) is 0.754. The lowest BCUT2D eigenvalue weighted by Crippen LogP contribution is -2.37. The molecular weight excluding hydrogens is 350 g/mol. The molecule has 0 aliphatic carbocycles. The van der Waals surface area contributed by atoms with Gasteiger partial charge in [0.15, 0.2) is 0 Å². The number of thioether (sulfide) groups is 1. The maximum atomic E-state index is 12.7. The van der Waals surface area contributed by atoms with Crippen molar-refractivity contribution in [1.29, 1.82) is 0 Å². The van der Waals surface area contributed by atoms with Crippen LogP contribution in [-0.2, 0) is 16.6 Å². The van der Waals surface area contributed by atoms with Gasteiger partial charge in [0.25, 0.3) is 0 Å². The van der Waals surface area contributed by atoms with Gasteiger partial charge in [-0.2, -0.15) is 0 Å². The van der Waals surface area contributed by atoms with E-state index in [0.717, 1.165) is 24.3 Å². The predicted molar refractivity (Wildman–Crippen MR) is 101 cm³/mol. The summed E-state index contributed by atoms with van der Waals surface area (Å²) in [4.78, 5) is 27.2. The molecule has 2 aliphatic rings. The summed E-state index contributed by atoms with van der Waals surface area (Å²) in [5, 5.41) is 3.93. The van der Waals surface area contributed by atoms with Gasteiger partial charge in [0.1, 0.15) is 5.60 Å². The molecule has 6 nitrogen and oxygen atoms in total. The van der Waals surface area contributed by atoms with Crippen LogP contribution in [-0.4, -0.2) is 52.5 Å². The molecule has 1 atom stereocenters. The molecule has 7 heteroatoms. The fourth-order valence-corrected chi connectivity index (χ4v) is 4.87. The van der Waals surface area contributed by atoms with Crippen molar-refractivity contribution in [1.82, 2.24) is 14.8 Å². The maximum absolute atomic E-state index is 12.7. The molecule has 138 valence electrons. The van der Waals surface area contributed by atoms with Gasteiger partial charge in [-0.25, -0.2) is 4.79 Å². The number of aryl methyl sites for hydroxylation is 1. The molecule has 4 rings (SSSR count). The quantitative estimate of drug-likeness (QED) is 0.841. The predicted octanol–water partition coefficient (Wildman–Crippen LogP) is 2.76. The Labute approximate surface area is 156 Å². The van der Waals surface area contributed by atoms with Crippen LogP contribution < -0.4 is 5.32 Å². The largest absolute Gasteiger partial charge is 0.441 e. The minimum Gasteiger partial charge on any atom is -0.441 e. The lowest BCUT2D eigenvalue weighted by molar-refractivity contribution is -0.128. The molecule has 1 aromatic heterocycles. The average molecular weight is 373 g/mol. The van der Waals surface area contributed by atoms with Crippen LogP contribution in [0.1, 0.15) is 19.3 Å².